The van der Waals surface area contributed by atoms with Gasteiger partial charge < -0.3 is 5.32 Å². The Morgan fingerprint density at radius 3 is 2.71 bits per heavy atom. The molecule has 0 saturated carbocycles. The standard InChI is InChI=1S/C14H16N2O/c1-3-10(2)15-13-9-8-11-6-4-5-7-12(11)14(13)16-17/h4-10,15H,3H2,1-2H3/t10-/m1/s1. The summed E-state index contributed by atoms with van der Waals surface area (Å²) in [5.41, 5.74) is 1.32. The third-order valence-electron chi connectivity index (χ3n) is 3.01. The van der Waals surface area contributed by atoms with E-state index in [9.17, 15) is 4.91 Å². The smallest absolute Gasteiger partial charge is 0.138 e. The molecule has 0 saturated heterocycles. The molecule has 3 nitrogen and oxygen atoms in total. The molecule has 0 spiro atoms. The summed E-state index contributed by atoms with van der Waals surface area (Å²) in [5.74, 6) is 0. The summed E-state index contributed by atoms with van der Waals surface area (Å²) in [6.45, 7) is 4.19. The average Bonchev–Trinajstić information content (AvgIpc) is 2.38. The van der Waals surface area contributed by atoms with Crippen molar-refractivity contribution in [3.8, 4) is 0 Å². The van der Waals surface area contributed by atoms with Crippen molar-refractivity contribution in [3.63, 3.8) is 0 Å². The van der Waals surface area contributed by atoms with Crippen molar-refractivity contribution >= 4 is 22.1 Å². The van der Waals surface area contributed by atoms with Crippen LogP contribution in [0.1, 0.15) is 20.3 Å². The van der Waals surface area contributed by atoms with Gasteiger partial charge in [-0.2, -0.15) is 0 Å². The Morgan fingerprint density at radius 1 is 1.24 bits per heavy atom. The zero-order valence-corrected chi connectivity index (χ0v) is 10.1. The maximum Gasteiger partial charge on any atom is 0.138 e. The number of rotatable bonds is 4. The number of nitrogens with zero attached hydrogens (tertiary/aromatic N) is 1. The molecule has 1 N–H and O–H groups in total. The van der Waals surface area contributed by atoms with Gasteiger partial charge in [0, 0.05) is 11.4 Å². The Bertz CT molecular complexity index is 537. The van der Waals surface area contributed by atoms with Crippen molar-refractivity contribution < 1.29 is 0 Å². The molecule has 0 heterocycles. The molecule has 2 rings (SSSR count). The molecular weight excluding hydrogens is 212 g/mol. The molecule has 2 aromatic rings. The monoisotopic (exact) mass is 228 g/mol. The quantitative estimate of drug-likeness (QED) is 0.785. The van der Waals surface area contributed by atoms with Gasteiger partial charge in [0.25, 0.3) is 0 Å². The predicted molar refractivity (Wildman–Crippen MR) is 72.8 cm³/mol. The van der Waals surface area contributed by atoms with E-state index in [4.69, 9.17) is 0 Å². The van der Waals surface area contributed by atoms with Gasteiger partial charge in [0.15, 0.2) is 0 Å². The molecule has 88 valence electrons. The molecule has 0 aliphatic rings. The van der Waals surface area contributed by atoms with Crippen molar-refractivity contribution in [1.82, 2.24) is 0 Å². The normalized spacial score (nSPS) is 12.4. The second-order valence-corrected chi connectivity index (χ2v) is 4.23. The fourth-order valence-electron chi connectivity index (χ4n) is 1.84. The van der Waals surface area contributed by atoms with E-state index in [2.05, 4.69) is 24.3 Å². The van der Waals surface area contributed by atoms with Crippen LogP contribution in [0.5, 0.6) is 0 Å². The zero-order chi connectivity index (χ0) is 12.3. The molecule has 0 unspecified atom stereocenters. The van der Waals surface area contributed by atoms with Crippen LogP contribution >= 0.6 is 0 Å². The van der Waals surface area contributed by atoms with Gasteiger partial charge in [-0.25, -0.2) is 0 Å². The maximum absolute atomic E-state index is 11.0. The Balaban J connectivity index is 2.53. The summed E-state index contributed by atoms with van der Waals surface area (Å²) < 4.78 is 0. The van der Waals surface area contributed by atoms with Crippen LogP contribution in [0, 0.1) is 4.91 Å². The van der Waals surface area contributed by atoms with Crippen molar-refractivity contribution in [2.45, 2.75) is 26.3 Å². The molecule has 2 aromatic carbocycles. The highest BCUT2D eigenvalue weighted by Crippen LogP contribution is 2.34. The first-order chi connectivity index (χ1) is 8.26. The number of nitroso groups, excluding NO2 is 1. The Kier molecular flexibility index (Phi) is 3.38. The van der Waals surface area contributed by atoms with Crippen LogP contribution in [0.25, 0.3) is 10.8 Å². The van der Waals surface area contributed by atoms with E-state index in [1.807, 2.05) is 36.4 Å². The largest absolute Gasteiger partial charge is 0.381 e. The molecule has 1 atom stereocenters. The van der Waals surface area contributed by atoms with Gasteiger partial charge in [0.05, 0.1) is 5.69 Å². The summed E-state index contributed by atoms with van der Waals surface area (Å²) in [7, 11) is 0. The zero-order valence-electron chi connectivity index (χ0n) is 10.1. The van der Waals surface area contributed by atoms with Crippen LogP contribution in [-0.2, 0) is 0 Å². The number of nitrogens with one attached hydrogen (secondary N) is 1. The molecule has 0 radical (unpaired) electrons. The van der Waals surface area contributed by atoms with Crippen molar-refractivity contribution in [3.05, 3.63) is 41.3 Å². The summed E-state index contributed by atoms with van der Waals surface area (Å²) in [6, 6.07) is 12.0. The van der Waals surface area contributed by atoms with Crippen molar-refractivity contribution in [2.75, 3.05) is 5.32 Å². The first-order valence-corrected chi connectivity index (χ1v) is 5.88. The van der Waals surface area contributed by atoms with Crippen molar-refractivity contribution in [2.24, 2.45) is 5.18 Å². The van der Waals surface area contributed by atoms with E-state index in [1.165, 1.54) is 0 Å². The van der Waals surface area contributed by atoms with Crippen LogP contribution in [0.15, 0.2) is 41.6 Å². The van der Waals surface area contributed by atoms with Crippen molar-refractivity contribution in [1.29, 1.82) is 0 Å². The van der Waals surface area contributed by atoms with Crippen LogP contribution in [-0.4, -0.2) is 6.04 Å². The highest BCUT2D eigenvalue weighted by atomic mass is 16.3. The first-order valence-electron chi connectivity index (χ1n) is 5.88. The molecule has 3 heteroatoms. The van der Waals surface area contributed by atoms with Gasteiger partial charge >= 0.3 is 0 Å². The highest BCUT2D eigenvalue weighted by Gasteiger charge is 2.09. The molecule has 0 fully saturated rings. The lowest BCUT2D eigenvalue weighted by Gasteiger charge is -2.15. The Morgan fingerprint density at radius 2 is 2.00 bits per heavy atom. The van der Waals surface area contributed by atoms with Gasteiger partial charge in [-0.15, -0.1) is 4.91 Å². The minimum Gasteiger partial charge on any atom is -0.381 e. The molecule has 0 bridgehead atoms. The SMILES string of the molecule is CC[C@@H](C)Nc1ccc2ccccc2c1N=O. The lowest BCUT2D eigenvalue weighted by atomic mass is 10.1. The van der Waals surface area contributed by atoms with E-state index in [1.54, 1.807) is 0 Å². The number of hydrogen-bond donors (Lipinski definition) is 1. The molecule has 0 amide bonds. The van der Waals surface area contributed by atoms with Crippen LogP contribution < -0.4 is 5.32 Å². The third-order valence-corrected chi connectivity index (χ3v) is 3.01. The third kappa shape index (κ3) is 2.28. The summed E-state index contributed by atoms with van der Waals surface area (Å²) >= 11 is 0. The number of anilines is 1. The minimum absolute atomic E-state index is 0.330. The van der Waals surface area contributed by atoms with E-state index < -0.39 is 0 Å². The summed E-state index contributed by atoms with van der Waals surface area (Å²) in [6.07, 6.45) is 1.01. The minimum atomic E-state index is 0.330. The lowest BCUT2D eigenvalue weighted by molar-refractivity contribution is 0.764. The Labute approximate surface area is 101 Å². The van der Waals surface area contributed by atoms with Gasteiger partial charge in [0.1, 0.15) is 5.69 Å². The number of benzene rings is 2. The summed E-state index contributed by atoms with van der Waals surface area (Å²) in [5, 5.41) is 8.42. The topological polar surface area (TPSA) is 41.5 Å². The molecule has 0 aromatic heterocycles. The van der Waals surface area contributed by atoms with Gasteiger partial charge in [-0.3, -0.25) is 0 Å². The van der Waals surface area contributed by atoms with E-state index in [0.29, 0.717) is 11.7 Å². The number of fused-ring (bicyclic) bond motifs is 1. The average molecular weight is 228 g/mol. The van der Waals surface area contributed by atoms with Gasteiger partial charge in [0.2, 0.25) is 0 Å². The molecule has 0 aliphatic carbocycles. The fourth-order valence-corrected chi connectivity index (χ4v) is 1.84. The van der Waals surface area contributed by atoms with E-state index in [-0.39, 0.29) is 0 Å². The number of hydrogen-bond acceptors (Lipinski definition) is 3. The molecular formula is C14H16N2O. The summed E-state index contributed by atoms with van der Waals surface area (Å²) in [4.78, 5) is 11.0. The fraction of sp³-hybridized carbons (Fsp3) is 0.286. The van der Waals surface area contributed by atoms with Crippen LogP contribution in [0.3, 0.4) is 0 Å². The Hall–Kier alpha value is -1.90. The second-order valence-electron chi connectivity index (χ2n) is 4.23. The first kappa shape index (κ1) is 11.6. The van der Waals surface area contributed by atoms with Crippen LogP contribution in [0.4, 0.5) is 11.4 Å². The molecule has 17 heavy (non-hydrogen) atoms. The second kappa shape index (κ2) is 4.95. The predicted octanol–water partition coefficient (Wildman–Crippen LogP) is 4.45. The van der Waals surface area contributed by atoms with E-state index in [0.717, 1.165) is 22.9 Å². The highest BCUT2D eigenvalue weighted by molar-refractivity contribution is 5.98. The lowest BCUT2D eigenvalue weighted by Crippen LogP contribution is -2.13. The maximum atomic E-state index is 11.0. The van der Waals surface area contributed by atoms with Crippen LogP contribution in [0.2, 0.25) is 0 Å². The van der Waals surface area contributed by atoms with Gasteiger partial charge in [-0.1, -0.05) is 37.3 Å². The van der Waals surface area contributed by atoms with E-state index >= 15 is 0 Å². The van der Waals surface area contributed by atoms with Gasteiger partial charge in [-0.05, 0) is 30.0 Å². The molecule has 0 aliphatic heterocycles.